The summed E-state index contributed by atoms with van der Waals surface area (Å²) >= 11 is 1.37. The molecule has 1 aliphatic heterocycles. The lowest BCUT2D eigenvalue weighted by molar-refractivity contribution is -0.136. The number of fused-ring (bicyclic) bond motifs is 1. The maximum atomic E-state index is 12.2. The summed E-state index contributed by atoms with van der Waals surface area (Å²) in [5.41, 5.74) is 0.532. The molecule has 2 N–H and O–H groups in total. The molecule has 0 unspecified atom stereocenters. The fourth-order valence-corrected chi connectivity index (χ4v) is 3.96. The van der Waals surface area contributed by atoms with Crippen LogP contribution in [0.1, 0.15) is 30.0 Å². The largest absolute Gasteiger partial charge is 0.481 e. The topological polar surface area (TPSA) is 88.5 Å². The average molecular weight is 310 g/mol. The Labute approximate surface area is 126 Å². The molecule has 7 heteroatoms. The highest BCUT2D eigenvalue weighted by Crippen LogP contribution is 2.40. The van der Waals surface area contributed by atoms with Gasteiger partial charge in [-0.1, -0.05) is 6.42 Å². The van der Waals surface area contributed by atoms with E-state index >= 15 is 0 Å². The third kappa shape index (κ3) is 3.24. The summed E-state index contributed by atoms with van der Waals surface area (Å²) in [6.45, 7) is 1.03. The molecule has 1 aromatic rings. The first-order chi connectivity index (χ1) is 10.1. The normalized spacial score (nSPS) is 27.5. The van der Waals surface area contributed by atoms with Crippen molar-refractivity contribution in [3.8, 4) is 0 Å². The highest BCUT2D eigenvalue weighted by Gasteiger charge is 2.43. The molecule has 1 saturated heterocycles. The number of amides is 1. The van der Waals surface area contributed by atoms with Crippen molar-refractivity contribution in [1.82, 2.24) is 10.3 Å². The van der Waals surface area contributed by atoms with Crippen molar-refractivity contribution in [2.24, 2.45) is 11.8 Å². The van der Waals surface area contributed by atoms with Gasteiger partial charge in [0.15, 0.2) is 0 Å². The number of rotatable bonds is 5. The van der Waals surface area contributed by atoms with Crippen molar-refractivity contribution in [2.75, 3.05) is 6.61 Å². The number of hydrogen-bond acceptors (Lipinski definition) is 5. The maximum absolute atomic E-state index is 12.2. The second kappa shape index (κ2) is 6.11. The second-order valence-corrected chi connectivity index (χ2v) is 6.57. The number of ether oxygens (including phenoxy) is 1. The zero-order valence-corrected chi connectivity index (χ0v) is 12.4. The lowest BCUT2D eigenvalue weighted by Gasteiger charge is -2.16. The fourth-order valence-electron chi connectivity index (χ4n) is 3.22. The zero-order chi connectivity index (χ0) is 14.8. The van der Waals surface area contributed by atoms with Crippen LogP contribution >= 0.6 is 11.3 Å². The van der Waals surface area contributed by atoms with E-state index in [0.717, 1.165) is 11.4 Å². The van der Waals surface area contributed by atoms with Gasteiger partial charge in [0.05, 0.1) is 25.3 Å². The Balaban J connectivity index is 1.51. The first-order valence-corrected chi connectivity index (χ1v) is 8.06. The van der Waals surface area contributed by atoms with Crippen molar-refractivity contribution >= 4 is 23.2 Å². The van der Waals surface area contributed by atoms with E-state index < -0.39 is 5.97 Å². The molecule has 1 aliphatic carbocycles. The van der Waals surface area contributed by atoms with E-state index in [9.17, 15) is 9.59 Å². The van der Waals surface area contributed by atoms with Crippen LogP contribution in [0.4, 0.5) is 0 Å². The van der Waals surface area contributed by atoms with Gasteiger partial charge in [0, 0.05) is 5.38 Å². The predicted molar refractivity (Wildman–Crippen MR) is 75.9 cm³/mol. The number of carboxylic acid groups (broad SMARTS) is 1. The monoisotopic (exact) mass is 310 g/mol. The van der Waals surface area contributed by atoms with Crippen LogP contribution in [-0.4, -0.2) is 34.7 Å². The molecule has 114 valence electrons. The number of carbonyl (C=O) groups is 2. The molecule has 3 rings (SSSR count). The minimum atomic E-state index is -0.900. The number of carboxylic acids is 1. The van der Waals surface area contributed by atoms with Crippen LogP contribution in [0.3, 0.4) is 0 Å². The van der Waals surface area contributed by atoms with Crippen LogP contribution < -0.4 is 5.32 Å². The maximum Gasteiger partial charge on any atom is 0.309 e. The summed E-state index contributed by atoms with van der Waals surface area (Å²) in [5, 5.41) is 14.0. The Bertz CT molecular complexity index is 545. The van der Waals surface area contributed by atoms with E-state index in [4.69, 9.17) is 9.84 Å². The molecule has 3 atom stereocenters. The first kappa shape index (κ1) is 14.5. The molecule has 2 aliphatic rings. The van der Waals surface area contributed by atoms with Crippen molar-refractivity contribution < 1.29 is 19.4 Å². The summed E-state index contributed by atoms with van der Waals surface area (Å²) in [6, 6.07) is 0. The van der Waals surface area contributed by atoms with E-state index in [-0.39, 0.29) is 18.4 Å². The number of carbonyl (C=O) groups excluding carboxylic acids is 1. The summed E-state index contributed by atoms with van der Waals surface area (Å²) < 4.78 is 5.62. The minimum absolute atomic E-state index is 0.0700. The number of nitrogens with zero attached hydrogens (tertiary/aromatic N) is 1. The van der Waals surface area contributed by atoms with Crippen LogP contribution in [0.5, 0.6) is 0 Å². The molecule has 0 aromatic carbocycles. The van der Waals surface area contributed by atoms with Gasteiger partial charge < -0.3 is 15.2 Å². The van der Waals surface area contributed by atoms with Crippen molar-refractivity contribution in [3.05, 3.63) is 16.1 Å². The molecular formula is C14H18N2O4S. The molecule has 2 fully saturated rings. The average Bonchev–Trinajstić information content (AvgIpc) is 3.10. The van der Waals surface area contributed by atoms with Crippen molar-refractivity contribution in [2.45, 2.75) is 38.3 Å². The molecule has 6 nitrogen and oxygen atoms in total. The SMILES string of the molecule is O=C(O)Cc1csc(CNC(=O)[C@@H]2OC[C@@H]3CCC[C@@H]32)n1. The summed E-state index contributed by atoms with van der Waals surface area (Å²) in [4.78, 5) is 27.0. The molecule has 1 saturated carbocycles. The van der Waals surface area contributed by atoms with Crippen LogP contribution in [0.2, 0.25) is 0 Å². The number of hydrogen-bond donors (Lipinski definition) is 2. The molecule has 2 heterocycles. The first-order valence-electron chi connectivity index (χ1n) is 7.18. The lowest BCUT2D eigenvalue weighted by Crippen LogP contribution is -2.37. The van der Waals surface area contributed by atoms with Gasteiger partial charge in [-0.25, -0.2) is 4.98 Å². The van der Waals surface area contributed by atoms with E-state index in [1.54, 1.807) is 5.38 Å². The van der Waals surface area contributed by atoms with Gasteiger partial charge >= 0.3 is 5.97 Å². The van der Waals surface area contributed by atoms with Gasteiger partial charge in [-0.05, 0) is 24.7 Å². The summed E-state index contributed by atoms with van der Waals surface area (Å²) in [6.07, 6.45) is 3.02. The van der Waals surface area contributed by atoms with E-state index in [1.165, 1.54) is 24.2 Å². The van der Waals surface area contributed by atoms with E-state index in [1.807, 2.05) is 0 Å². The standard InChI is InChI=1S/C14H18N2O4S/c17-12(18)4-9-7-21-11(16-9)5-15-14(19)13-10-3-1-2-8(10)6-20-13/h7-8,10,13H,1-6H2,(H,15,19)(H,17,18)/t8-,10-,13+/m0/s1. The number of thiazole rings is 1. The van der Waals surface area contributed by atoms with E-state index in [2.05, 4.69) is 10.3 Å². The minimum Gasteiger partial charge on any atom is -0.481 e. The van der Waals surface area contributed by atoms with Gasteiger partial charge in [-0.3, -0.25) is 9.59 Å². The number of aromatic nitrogens is 1. The number of aliphatic carboxylic acids is 1. The van der Waals surface area contributed by atoms with Crippen molar-refractivity contribution in [1.29, 1.82) is 0 Å². The Morgan fingerprint density at radius 3 is 3.14 bits per heavy atom. The third-order valence-electron chi connectivity index (χ3n) is 4.20. The molecule has 0 bridgehead atoms. The highest BCUT2D eigenvalue weighted by atomic mass is 32.1. The Kier molecular flexibility index (Phi) is 4.21. The summed E-state index contributed by atoms with van der Waals surface area (Å²) in [7, 11) is 0. The van der Waals surface area contributed by atoms with Gasteiger partial charge in [0.1, 0.15) is 11.1 Å². The Morgan fingerprint density at radius 2 is 2.33 bits per heavy atom. The summed E-state index contributed by atoms with van der Waals surface area (Å²) in [5.74, 6) is -0.0615. The number of nitrogens with one attached hydrogen (secondary N) is 1. The van der Waals surface area contributed by atoms with Gasteiger partial charge in [-0.2, -0.15) is 0 Å². The molecule has 0 spiro atoms. The Morgan fingerprint density at radius 1 is 1.48 bits per heavy atom. The molecule has 0 radical (unpaired) electrons. The van der Waals surface area contributed by atoms with Gasteiger partial charge in [0.2, 0.25) is 5.91 Å². The second-order valence-electron chi connectivity index (χ2n) is 5.63. The van der Waals surface area contributed by atoms with Crippen molar-refractivity contribution in [3.63, 3.8) is 0 Å². The highest BCUT2D eigenvalue weighted by molar-refractivity contribution is 7.09. The quantitative estimate of drug-likeness (QED) is 0.853. The van der Waals surface area contributed by atoms with Crippen LogP contribution in [0.15, 0.2) is 5.38 Å². The molecule has 21 heavy (non-hydrogen) atoms. The van der Waals surface area contributed by atoms with Crippen LogP contribution in [0.25, 0.3) is 0 Å². The zero-order valence-electron chi connectivity index (χ0n) is 11.6. The fraction of sp³-hybridized carbons (Fsp3) is 0.643. The van der Waals surface area contributed by atoms with Crippen LogP contribution in [0, 0.1) is 11.8 Å². The van der Waals surface area contributed by atoms with Gasteiger partial charge in [0.25, 0.3) is 0 Å². The molecule has 1 amide bonds. The Hall–Kier alpha value is -1.47. The van der Waals surface area contributed by atoms with Gasteiger partial charge in [-0.15, -0.1) is 11.3 Å². The predicted octanol–water partition coefficient (Wildman–Crippen LogP) is 1.20. The lowest BCUT2D eigenvalue weighted by atomic mass is 9.94. The van der Waals surface area contributed by atoms with E-state index in [0.29, 0.717) is 30.7 Å². The third-order valence-corrected chi connectivity index (χ3v) is 5.10. The molecular weight excluding hydrogens is 292 g/mol. The molecule has 1 aromatic heterocycles. The smallest absolute Gasteiger partial charge is 0.309 e. The van der Waals surface area contributed by atoms with Crippen LogP contribution in [-0.2, 0) is 27.3 Å².